The highest BCUT2D eigenvalue weighted by molar-refractivity contribution is 14.0. The van der Waals surface area contributed by atoms with Crippen molar-refractivity contribution in [2.45, 2.75) is 31.9 Å². The highest BCUT2D eigenvalue weighted by Gasteiger charge is 2.21. The van der Waals surface area contributed by atoms with Gasteiger partial charge in [0.25, 0.3) is 0 Å². The van der Waals surface area contributed by atoms with E-state index >= 15 is 0 Å². The summed E-state index contributed by atoms with van der Waals surface area (Å²) in [6.07, 6.45) is 3.36. The van der Waals surface area contributed by atoms with Gasteiger partial charge in [0.05, 0.1) is 17.7 Å². The molecule has 0 spiro atoms. The summed E-state index contributed by atoms with van der Waals surface area (Å²) >= 11 is 3.53. The number of piperidine rings is 1. The average molecular weight is 556 g/mol. The Morgan fingerprint density at radius 2 is 2.00 bits per heavy atom. The number of likely N-dealkylation sites (tertiary alicyclic amines) is 1. The van der Waals surface area contributed by atoms with Crippen LogP contribution in [0.4, 0.5) is 0 Å². The number of methoxy groups -OCH3 is 2. The minimum Gasteiger partial charge on any atom is -0.496 e. The first kappa shape index (κ1) is 24.5. The second kappa shape index (κ2) is 13.6. The number of ether oxygens (including phenoxy) is 3. The average Bonchev–Trinajstić information content (AvgIpc) is 2.67. The molecule has 0 bridgehead atoms. The van der Waals surface area contributed by atoms with Crippen LogP contribution < -0.4 is 10.1 Å². The maximum absolute atomic E-state index is 5.93. The molecule has 1 heterocycles. The number of guanidine groups is 1. The zero-order valence-corrected chi connectivity index (χ0v) is 20.3. The lowest BCUT2D eigenvalue weighted by Gasteiger charge is -2.34. The summed E-state index contributed by atoms with van der Waals surface area (Å²) in [4.78, 5) is 6.73. The largest absolute Gasteiger partial charge is 0.496 e. The molecule has 1 fully saturated rings. The van der Waals surface area contributed by atoms with Gasteiger partial charge in [-0.2, -0.15) is 0 Å². The third-order valence-corrected chi connectivity index (χ3v) is 5.09. The van der Waals surface area contributed by atoms with E-state index in [9.17, 15) is 0 Å². The Bertz CT molecular complexity index is 581. The molecule has 1 aliphatic heterocycles. The van der Waals surface area contributed by atoms with Crippen LogP contribution in [-0.2, 0) is 16.0 Å². The number of aliphatic imine (C=N–C) groups is 1. The molecule has 27 heavy (non-hydrogen) atoms. The van der Waals surface area contributed by atoms with Crippen molar-refractivity contribution in [3.05, 3.63) is 28.2 Å². The molecule has 0 atom stereocenters. The fraction of sp³-hybridized carbons (Fsp3) is 0.632. The lowest BCUT2D eigenvalue weighted by molar-refractivity contribution is 0.00989. The third-order valence-electron chi connectivity index (χ3n) is 4.47. The van der Waals surface area contributed by atoms with Crippen LogP contribution >= 0.6 is 39.9 Å². The molecule has 1 aromatic carbocycles. The van der Waals surface area contributed by atoms with Gasteiger partial charge in [0.1, 0.15) is 5.75 Å². The van der Waals surface area contributed by atoms with E-state index < -0.39 is 0 Å². The zero-order chi connectivity index (χ0) is 18.8. The molecule has 2 rings (SSSR count). The Hall–Kier alpha value is -0.580. The summed E-state index contributed by atoms with van der Waals surface area (Å²) in [5.74, 6) is 1.78. The predicted molar refractivity (Wildman–Crippen MR) is 123 cm³/mol. The number of halogens is 2. The summed E-state index contributed by atoms with van der Waals surface area (Å²) in [6.45, 7) is 4.18. The molecule has 1 N–H and O–H groups in total. The van der Waals surface area contributed by atoms with Gasteiger partial charge in [-0.05, 0) is 52.9 Å². The van der Waals surface area contributed by atoms with Crippen LogP contribution in [0, 0.1) is 0 Å². The molecule has 0 unspecified atom stereocenters. The molecule has 0 amide bonds. The lowest BCUT2D eigenvalue weighted by Crippen LogP contribution is -2.46. The number of benzene rings is 1. The Morgan fingerprint density at radius 3 is 2.59 bits per heavy atom. The van der Waals surface area contributed by atoms with Crippen molar-refractivity contribution < 1.29 is 14.2 Å². The molecule has 1 aliphatic rings. The maximum atomic E-state index is 5.93. The third kappa shape index (κ3) is 8.13. The number of nitrogens with one attached hydrogen (secondary N) is 1. The topological polar surface area (TPSA) is 55.3 Å². The number of hydrogen-bond acceptors (Lipinski definition) is 4. The zero-order valence-electron chi connectivity index (χ0n) is 16.4. The van der Waals surface area contributed by atoms with Crippen LogP contribution in [0.3, 0.4) is 0 Å². The highest BCUT2D eigenvalue weighted by Crippen LogP contribution is 2.25. The van der Waals surface area contributed by atoms with Gasteiger partial charge in [0.15, 0.2) is 5.96 Å². The summed E-state index contributed by atoms with van der Waals surface area (Å²) in [5.41, 5.74) is 1.18. The van der Waals surface area contributed by atoms with E-state index in [-0.39, 0.29) is 24.0 Å². The van der Waals surface area contributed by atoms with Crippen LogP contribution in [-0.4, -0.2) is 64.5 Å². The molecule has 1 aromatic rings. The minimum absolute atomic E-state index is 0. The Kier molecular flexibility index (Phi) is 12.3. The van der Waals surface area contributed by atoms with Crippen molar-refractivity contribution in [2.24, 2.45) is 4.99 Å². The summed E-state index contributed by atoms with van der Waals surface area (Å²) < 4.78 is 17.2. The second-order valence-electron chi connectivity index (χ2n) is 6.27. The van der Waals surface area contributed by atoms with E-state index in [1.165, 1.54) is 5.56 Å². The van der Waals surface area contributed by atoms with Crippen molar-refractivity contribution in [1.29, 1.82) is 0 Å². The molecule has 0 aliphatic carbocycles. The van der Waals surface area contributed by atoms with E-state index in [4.69, 9.17) is 14.2 Å². The second-order valence-corrected chi connectivity index (χ2v) is 7.13. The van der Waals surface area contributed by atoms with Crippen LogP contribution in [0.1, 0.15) is 24.8 Å². The van der Waals surface area contributed by atoms with Gasteiger partial charge >= 0.3 is 0 Å². The number of hydrogen-bond donors (Lipinski definition) is 1. The van der Waals surface area contributed by atoms with Gasteiger partial charge in [-0.3, -0.25) is 4.99 Å². The molecule has 6 nitrogen and oxygen atoms in total. The van der Waals surface area contributed by atoms with Crippen molar-refractivity contribution in [1.82, 2.24) is 10.2 Å². The molecule has 0 radical (unpaired) electrons. The van der Waals surface area contributed by atoms with Crippen molar-refractivity contribution in [3.63, 3.8) is 0 Å². The number of rotatable bonds is 8. The summed E-state index contributed by atoms with van der Waals surface area (Å²) in [6, 6.07) is 6.10. The van der Waals surface area contributed by atoms with Gasteiger partial charge in [-0.15, -0.1) is 24.0 Å². The van der Waals surface area contributed by atoms with E-state index in [2.05, 4.69) is 43.3 Å². The first-order valence-electron chi connectivity index (χ1n) is 9.06. The lowest BCUT2D eigenvalue weighted by atomic mass is 10.1. The van der Waals surface area contributed by atoms with Crippen LogP contribution in [0.25, 0.3) is 0 Å². The van der Waals surface area contributed by atoms with E-state index in [0.717, 1.165) is 68.3 Å². The highest BCUT2D eigenvalue weighted by atomic mass is 127. The SMILES string of the molecule is CN=C(NCc1ccc(OC)c(Br)c1)N1CCC(OCCCOC)CC1.I. The van der Waals surface area contributed by atoms with Crippen LogP contribution in [0.15, 0.2) is 27.7 Å². The van der Waals surface area contributed by atoms with E-state index in [1.807, 2.05) is 13.1 Å². The van der Waals surface area contributed by atoms with Gasteiger partial charge in [-0.1, -0.05) is 6.07 Å². The van der Waals surface area contributed by atoms with Gasteiger partial charge in [-0.25, -0.2) is 0 Å². The van der Waals surface area contributed by atoms with E-state index in [0.29, 0.717) is 6.10 Å². The fourth-order valence-corrected chi connectivity index (χ4v) is 3.61. The quantitative estimate of drug-likeness (QED) is 0.230. The number of nitrogens with zero attached hydrogens (tertiary/aromatic N) is 2. The van der Waals surface area contributed by atoms with Gasteiger partial charge in [0, 0.05) is 47.0 Å². The van der Waals surface area contributed by atoms with E-state index in [1.54, 1.807) is 14.2 Å². The molecular weight excluding hydrogens is 525 g/mol. The Balaban J connectivity index is 0.00000364. The molecular formula is C19H31BrIN3O3. The van der Waals surface area contributed by atoms with Crippen LogP contribution in [0.5, 0.6) is 5.75 Å². The smallest absolute Gasteiger partial charge is 0.193 e. The monoisotopic (exact) mass is 555 g/mol. The standard InChI is InChI=1S/C19H30BrN3O3.HI/c1-21-19(22-14-15-5-6-18(25-3)17(20)13-15)23-9-7-16(8-10-23)26-12-4-11-24-2;/h5-6,13,16H,4,7-12,14H2,1-3H3,(H,21,22);1H. The molecule has 0 saturated carbocycles. The minimum atomic E-state index is 0. The normalized spacial score (nSPS) is 15.4. The van der Waals surface area contributed by atoms with Crippen molar-refractivity contribution in [3.8, 4) is 5.75 Å². The maximum Gasteiger partial charge on any atom is 0.193 e. The summed E-state index contributed by atoms with van der Waals surface area (Å²) in [5, 5.41) is 3.45. The van der Waals surface area contributed by atoms with Crippen LogP contribution in [0.2, 0.25) is 0 Å². The van der Waals surface area contributed by atoms with Crippen molar-refractivity contribution >= 4 is 45.9 Å². The molecule has 0 aromatic heterocycles. The summed E-state index contributed by atoms with van der Waals surface area (Å²) in [7, 11) is 5.23. The predicted octanol–water partition coefficient (Wildman–Crippen LogP) is 3.67. The molecule has 1 saturated heterocycles. The fourth-order valence-electron chi connectivity index (χ4n) is 3.02. The van der Waals surface area contributed by atoms with Gasteiger partial charge in [0.2, 0.25) is 0 Å². The van der Waals surface area contributed by atoms with Crippen molar-refractivity contribution in [2.75, 3.05) is 47.6 Å². The molecule has 8 heteroatoms. The first-order chi connectivity index (χ1) is 12.7. The first-order valence-corrected chi connectivity index (χ1v) is 9.85. The molecule has 154 valence electrons. The van der Waals surface area contributed by atoms with Gasteiger partial charge < -0.3 is 24.4 Å². The Morgan fingerprint density at radius 1 is 1.26 bits per heavy atom. The Labute approximate surface area is 188 Å².